The van der Waals surface area contributed by atoms with Gasteiger partial charge >= 0.3 is 13.8 Å². The average Bonchev–Trinajstić information content (AvgIpc) is 2.02. The van der Waals surface area contributed by atoms with E-state index in [-0.39, 0.29) is 0 Å². The molecular weight excluding hydrogens is 183 g/mol. The van der Waals surface area contributed by atoms with Crippen LogP contribution in [0, 0.1) is 20.8 Å². The normalized spacial score (nSPS) is 11.2. The number of hydrogen-bond acceptors (Lipinski definition) is 2. The second-order valence-electron chi connectivity index (χ2n) is 3.18. The van der Waals surface area contributed by atoms with Crippen molar-refractivity contribution in [1.82, 2.24) is 0 Å². The molecule has 0 saturated carbocycles. The van der Waals surface area contributed by atoms with Crippen molar-refractivity contribution < 1.29 is 9.36 Å². The van der Waals surface area contributed by atoms with Gasteiger partial charge in [0.25, 0.3) is 0 Å². The molecule has 1 rings (SSSR count). The summed E-state index contributed by atoms with van der Waals surface area (Å²) in [6.07, 6.45) is 0. The van der Waals surface area contributed by atoms with E-state index < -0.39 is 7.80 Å². The monoisotopic (exact) mass is 195 g/mol. The molecule has 0 heterocycles. The van der Waals surface area contributed by atoms with Gasteiger partial charge in [-0.1, -0.05) is 22.3 Å². The lowest BCUT2D eigenvalue weighted by Gasteiger charge is -1.99. The summed E-state index contributed by atoms with van der Waals surface area (Å²) in [7, 11) is -1.86. The summed E-state index contributed by atoms with van der Waals surface area (Å²) in [6.45, 7) is 5.75. The van der Waals surface area contributed by atoms with Gasteiger partial charge in [-0.3, -0.25) is 0 Å². The van der Waals surface area contributed by atoms with Crippen molar-refractivity contribution in [2.24, 2.45) is 0 Å². The topological polar surface area (TPSA) is 34.1 Å². The zero-order valence-corrected chi connectivity index (χ0v) is 8.89. The van der Waals surface area contributed by atoms with Gasteiger partial charge in [0.15, 0.2) is 0 Å². The summed E-state index contributed by atoms with van der Waals surface area (Å²) in [5.41, 5.74) is 3.00. The molecule has 1 atom stereocenters. The Hall–Kier alpha value is -1.01. The molecule has 2 nitrogen and oxygen atoms in total. The lowest BCUT2D eigenvalue weighted by Crippen LogP contribution is -2.07. The number of benzene rings is 1. The van der Waals surface area contributed by atoms with Crippen molar-refractivity contribution in [3.05, 3.63) is 28.8 Å². The quantitative estimate of drug-likeness (QED) is 0.535. The summed E-state index contributed by atoms with van der Waals surface area (Å²) in [6, 6.07) is 4.40. The first kappa shape index (κ1) is 10.1. The van der Waals surface area contributed by atoms with Crippen molar-refractivity contribution in [3.63, 3.8) is 0 Å². The van der Waals surface area contributed by atoms with Crippen LogP contribution in [-0.4, -0.2) is 6.03 Å². The fraction of sp³-hybridized carbons (Fsp3) is 0.300. The molecule has 0 N–H and O–H groups in total. The zero-order chi connectivity index (χ0) is 10.0. The molecule has 0 aliphatic rings. The van der Waals surface area contributed by atoms with E-state index in [1.54, 1.807) is 0 Å². The van der Waals surface area contributed by atoms with E-state index >= 15 is 0 Å². The third kappa shape index (κ3) is 2.02. The Morgan fingerprint density at radius 2 is 1.62 bits per heavy atom. The molecule has 0 saturated heterocycles. The van der Waals surface area contributed by atoms with Crippen LogP contribution in [0.15, 0.2) is 12.1 Å². The minimum atomic E-state index is -1.86. The lowest BCUT2D eigenvalue weighted by atomic mass is 10.1. The van der Waals surface area contributed by atoms with E-state index in [4.69, 9.17) is 0 Å². The van der Waals surface area contributed by atoms with Crippen LogP contribution in [-0.2, 0) is 9.36 Å². The lowest BCUT2D eigenvalue weighted by molar-refractivity contribution is 0.560. The molecule has 1 unspecified atom stereocenters. The molecule has 1 aromatic rings. The van der Waals surface area contributed by atoms with Crippen LogP contribution in [0.4, 0.5) is 0 Å². The van der Waals surface area contributed by atoms with Gasteiger partial charge in [-0.05, 0) is 20.8 Å². The number of rotatable bonds is 2. The van der Waals surface area contributed by atoms with Crippen molar-refractivity contribution in [2.45, 2.75) is 20.8 Å². The number of aryl methyl sites for hydroxylation is 3. The first-order valence-corrected chi connectivity index (χ1v) is 5.38. The highest BCUT2D eigenvalue weighted by atomic mass is 31.1. The first-order chi connectivity index (χ1) is 6.06. The molecule has 3 heteroatoms. The van der Waals surface area contributed by atoms with Crippen LogP contribution in [0.5, 0.6) is 0 Å². The van der Waals surface area contributed by atoms with Crippen molar-refractivity contribution >= 4 is 19.1 Å². The molecule has 0 aliphatic carbocycles. The standard InChI is InChI=1S/C10H12O2P/c1-7-4-8(2)10(9(3)5-7)13(12)6-11/h4-6H,1-3H3/q+1. The minimum absolute atomic E-state index is 0.514. The Morgan fingerprint density at radius 1 is 1.15 bits per heavy atom. The average molecular weight is 195 g/mol. The number of hydrogen-bond donors (Lipinski definition) is 0. The predicted molar refractivity (Wildman–Crippen MR) is 54.6 cm³/mol. The maximum atomic E-state index is 11.3. The zero-order valence-electron chi connectivity index (χ0n) is 8.00. The van der Waals surface area contributed by atoms with Gasteiger partial charge in [0.2, 0.25) is 5.30 Å². The van der Waals surface area contributed by atoms with Gasteiger partial charge in [0.05, 0.1) is 0 Å². The Morgan fingerprint density at radius 3 is 2.00 bits per heavy atom. The van der Waals surface area contributed by atoms with Crippen LogP contribution in [0.2, 0.25) is 0 Å². The molecule has 0 spiro atoms. The highest BCUT2D eigenvalue weighted by molar-refractivity contribution is 7.68. The minimum Gasteiger partial charge on any atom is -0.243 e. The van der Waals surface area contributed by atoms with Crippen LogP contribution in [0.25, 0.3) is 0 Å². The third-order valence-corrected chi connectivity index (χ3v) is 3.29. The second-order valence-corrected chi connectivity index (χ2v) is 4.49. The van der Waals surface area contributed by atoms with Crippen molar-refractivity contribution in [3.8, 4) is 0 Å². The number of carbonyl (C=O) groups excluding carboxylic acids is 1. The maximum Gasteiger partial charge on any atom is 0.450 e. The molecule has 0 bridgehead atoms. The van der Waals surface area contributed by atoms with E-state index in [9.17, 15) is 9.36 Å². The highest BCUT2D eigenvalue weighted by Crippen LogP contribution is 2.21. The SMILES string of the molecule is Cc1cc(C)c([P+](=O)C=O)c(C)c1. The molecule has 0 radical (unpaired) electrons. The smallest absolute Gasteiger partial charge is 0.243 e. The summed E-state index contributed by atoms with van der Waals surface area (Å²) >= 11 is 0. The first-order valence-electron chi connectivity index (χ1n) is 4.05. The van der Waals surface area contributed by atoms with Crippen LogP contribution in [0.3, 0.4) is 0 Å². The molecular formula is C10H12O2P+. The third-order valence-electron chi connectivity index (χ3n) is 1.95. The molecule has 68 valence electrons. The Labute approximate surface area is 78.8 Å². The van der Waals surface area contributed by atoms with Crippen LogP contribution < -0.4 is 5.30 Å². The molecule has 0 aliphatic heterocycles. The van der Waals surface area contributed by atoms with Crippen molar-refractivity contribution in [1.29, 1.82) is 0 Å². The van der Waals surface area contributed by atoms with E-state index in [1.165, 1.54) is 0 Å². The van der Waals surface area contributed by atoms with E-state index in [1.807, 2.05) is 32.9 Å². The van der Waals surface area contributed by atoms with Crippen LogP contribution >= 0.6 is 7.80 Å². The fourth-order valence-corrected chi connectivity index (χ4v) is 2.50. The van der Waals surface area contributed by atoms with E-state index in [0.717, 1.165) is 16.7 Å². The Balaban J connectivity index is 3.36. The van der Waals surface area contributed by atoms with E-state index in [0.29, 0.717) is 11.3 Å². The Kier molecular flexibility index (Phi) is 2.94. The largest absolute Gasteiger partial charge is 0.450 e. The maximum absolute atomic E-state index is 11.3. The van der Waals surface area contributed by atoms with Gasteiger partial charge < -0.3 is 0 Å². The molecule has 13 heavy (non-hydrogen) atoms. The Bertz CT molecular complexity index is 346. The predicted octanol–water partition coefficient (Wildman–Crippen LogP) is 2.25. The fourth-order valence-electron chi connectivity index (χ4n) is 1.57. The number of carbonyl (C=O) groups is 1. The summed E-state index contributed by atoms with van der Waals surface area (Å²) < 4.78 is 11.3. The van der Waals surface area contributed by atoms with Gasteiger partial charge in [0, 0.05) is 11.1 Å². The van der Waals surface area contributed by atoms with Crippen LogP contribution in [0.1, 0.15) is 16.7 Å². The second kappa shape index (κ2) is 3.80. The van der Waals surface area contributed by atoms with Crippen molar-refractivity contribution in [2.75, 3.05) is 0 Å². The van der Waals surface area contributed by atoms with Gasteiger partial charge in [-0.25, -0.2) is 4.79 Å². The van der Waals surface area contributed by atoms with Gasteiger partial charge in [-0.2, -0.15) is 0 Å². The summed E-state index contributed by atoms with van der Waals surface area (Å²) in [5, 5.41) is 0.690. The summed E-state index contributed by atoms with van der Waals surface area (Å²) in [5.74, 6) is 0. The van der Waals surface area contributed by atoms with Gasteiger partial charge in [0.1, 0.15) is 0 Å². The highest BCUT2D eigenvalue weighted by Gasteiger charge is 2.24. The molecule has 0 amide bonds. The van der Waals surface area contributed by atoms with Gasteiger partial charge in [-0.15, -0.1) is 0 Å². The molecule has 0 aromatic heterocycles. The van der Waals surface area contributed by atoms with E-state index in [2.05, 4.69) is 0 Å². The molecule has 1 aromatic carbocycles. The molecule has 0 fully saturated rings. The summed E-state index contributed by atoms with van der Waals surface area (Å²) in [4.78, 5) is 10.4.